The molecule has 102 valence electrons. The summed E-state index contributed by atoms with van der Waals surface area (Å²) in [5.41, 5.74) is 0.608. The van der Waals surface area contributed by atoms with Crippen molar-refractivity contribution in [1.82, 2.24) is 5.32 Å². The number of amides is 1. The maximum Gasteiger partial charge on any atom is 0.337 e. The minimum Gasteiger partial charge on any atom is -0.465 e. The fraction of sp³-hybridized carbons (Fsp3) is 0.286. The second-order valence-electron chi connectivity index (χ2n) is 3.90. The second-order valence-corrected chi connectivity index (χ2v) is 3.90. The lowest BCUT2D eigenvalue weighted by atomic mass is 10.1. The van der Waals surface area contributed by atoms with Crippen LogP contribution in [0.3, 0.4) is 0 Å². The summed E-state index contributed by atoms with van der Waals surface area (Å²) < 4.78 is 18.1. The topological polar surface area (TPSA) is 55.4 Å². The van der Waals surface area contributed by atoms with Crippen LogP contribution in [-0.2, 0) is 9.53 Å². The Balaban J connectivity index is 2.69. The van der Waals surface area contributed by atoms with Crippen molar-refractivity contribution in [3.63, 3.8) is 0 Å². The van der Waals surface area contributed by atoms with Crippen LogP contribution in [0.4, 0.5) is 4.39 Å². The predicted molar refractivity (Wildman–Crippen MR) is 70.1 cm³/mol. The molecular formula is C14H16FNO3. The number of methoxy groups -OCH3 is 1. The second kappa shape index (κ2) is 7.31. The number of rotatable bonds is 5. The lowest BCUT2D eigenvalue weighted by molar-refractivity contribution is -0.118. The first-order valence-electron chi connectivity index (χ1n) is 5.83. The van der Waals surface area contributed by atoms with Gasteiger partial charge in [0.2, 0.25) is 5.91 Å². The highest BCUT2D eigenvalue weighted by Gasteiger charge is 2.07. The van der Waals surface area contributed by atoms with Crippen molar-refractivity contribution >= 4 is 18.0 Å². The van der Waals surface area contributed by atoms with Gasteiger partial charge in [-0.2, -0.15) is 0 Å². The van der Waals surface area contributed by atoms with Gasteiger partial charge in [0.15, 0.2) is 0 Å². The highest BCUT2D eigenvalue weighted by Crippen LogP contribution is 2.13. The summed E-state index contributed by atoms with van der Waals surface area (Å²) in [6.07, 6.45) is 3.89. The van der Waals surface area contributed by atoms with E-state index >= 15 is 0 Å². The molecule has 4 nitrogen and oxygen atoms in total. The molecule has 0 aliphatic carbocycles. The molecule has 0 heterocycles. The molecule has 1 aromatic rings. The number of benzene rings is 1. The lowest BCUT2D eigenvalue weighted by Crippen LogP contribution is -2.20. The highest BCUT2D eigenvalue weighted by atomic mass is 19.1. The van der Waals surface area contributed by atoms with Crippen molar-refractivity contribution < 1.29 is 18.7 Å². The van der Waals surface area contributed by atoms with Gasteiger partial charge in [-0.25, -0.2) is 9.18 Å². The first-order chi connectivity index (χ1) is 9.04. The monoisotopic (exact) mass is 265 g/mol. The molecule has 0 saturated heterocycles. The number of carbonyl (C=O) groups excluding carboxylic acids is 2. The van der Waals surface area contributed by atoms with Gasteiger partial charge in [-0.05, 0) is 24.6 Å². The first-order valence-corrected chi connectivity index (χ1v) is 5.83. The van der Waals surface area contributed by atoms with Gasteiger partial charge >= 0.3 is 5.97 Å². The van der Waals surface area contributed by atoms with Crippen molar-refractivity contribution in [2.24, 2.45) is 0 Å². The molecule has 0 radical (unpaired) electrons. The number of ether oxygens (including phenoxy) is 1. The Bertz CT molecular complexity index is 497. The van der Waals surface area contributed by atoms with Gasteiger partial charge in [0.25, 0.3) is 0 Å². The van der Waals surface area contributed by atoms with Crippen molar-refractivity contribution in [3.8, 4) is 0 Å². The van der Waals surface area contributed by atoms with Gasteiger partial charge in [-0.1, -0.05) is 12.2 Å². The van der Waals surface area contributed by atoms with Crippen LogP contribution in [0.25, 0.3) is 6.08 Å². The van der Waals surface area contributed by atoms with Crippen molar-refractivity contribution in [1.29, 1.82) is 0 Å². The number of esters is 1. The van der Waals surface area contributed by atoms with E-state index in [0.29, 0.717) is 24.1 Å². The predicted octanol–water partition coefficient (Wildman–Crippen LogP) is 2.15. The molecule has 5 heteroatoms. The van der Waals surface area contributed by atoms with Crippen LogP contribution in [0.5, 0.6) is 0 Å². The number of halogens is 1. The van der Waals surface area contributed by atoms with Crippen LogP contribution in [0, 0.1) is 5.82 Å². The summed E-state index contributed by atoms with van der Waals surface area (Å²) in [4.78, 5) is 21.9. The van der Waals surface area contributed by atoms with Gasteiger partial charge in [0.1, 0.15) is 5.82 Å². The number of hydrogen-bond donors (Lipinski definition) is 1. The fourth-order valence-electron chi connectivity index (χ4n) is 1.46. The van der Waals surface area contributed by atoms with Crippen molar-refractivity contribution in [2.45, 2.75) is 13.3 Å². The minimum absolute atomic E-state index is 0.104. The number of nitrogens with one attached hydrogen (secondary N) is 1. The SMILES string of the molecule is COC(=O)c1ccc(F)c(C=CCCNC(C)=O)c1. The summed E-state index contributed by atoms with van der Waals surface area (Å²) in [6.45, 7) is 1.92. The van der Waals surface area contributed by atoms with Crippen LogP contribution >= 0.6 is 0 Å². The first kappa shape index (κ1) is 14.9. The normalized spacial score (nSPS) is 10.5. The summed E-state index contributed by atoms with van der Waals surface area (Å²) >= 11 is 0. The van der Waals surface area contributed by atoms with Crippen molar-refractivity contribution in [3.05, 3.63) is 41.2 Å². The Morgan fingerprint density at radius 2 is 2.16 bits per heavy atom. The van der Waals surface area contributed by atoms with E-state index in [1.165, 1.54) is 32.2 Å². The molecule has 1 amide bonds. The van der Waals surface area contributed by atoms with E-state index in [1.54, 1.807) is 12.2 Å². The average molecular weight is 265 g/mol. The lowest BCUT2D eigenvalue weighted by Gasteiger charge is -2.02. The zero-order valence-electron chi connectivity index (χ0n) is 10.9. The zero-order valence-corrected chi connectivity index (χ0v) is 10.9. The quantitative estimate of drug-likeness (QED) is 0.655. The standard InChI is InChI=1S/C14H16FNO3/c1-10(17)16-8-4-3-5-11-9-12(14(18)19-2)6-7-13(11)15/h3,5-7,9H,4,8H2,1-2H3,(H,16,17). The summed E-state index contributed by atoms with van der Waals surface area (Å²) in [7, 11) is 1.27. The smallest absolute Gasteiger partial charge is 0.337 e. The van der Waals surface area contributed by atoms with E-state index in [2.05, 4.69) is 10.1 Å². The van der Waals surface area contributed by atoms with E-state index < -0.39 is 11.8 Å². The van der Waals surface area contributed by atoms with Gasteiger partial charge in [0, 0.05) is 19.0 Å². The fourth-order valence-corrected chi connectivity index (χ4v) is 1.46. The van der Waals surface area contributed by atoms with Crippen LogP contribution in [-0.4, -0.2) is 25.5 Å². The van der Waals surface area contributed by atoms with E-state index in [1.807, 2.05) is 0 Å². The third kappa shape index (κ3) is 4.91. The van der Waals surface area contributed by atoms with Crippen LogP contribution in [0.1, 0.15) is 29.3 Å². The van der Waals surface area contributed by atoms with Crippen LogP contribution in [0.15, 0.2) is 24.3 Å². The molecule has 0 spiro atoms. The van der Waals surface area contributed by atoms with E-state index in [0.717, 1.165) is 0 Å². The summed E-state index contributed by atoms with van der Waals surface area (Å²) in [5, 5.41) is 2.63. The van der Waals surface area contributed by atoms with E-state index in [4.69, 9.17) is 0 Å². The Labute approximate surface area is 111 Å². The zero-order chi connectivity index (χ0) is 14.3. The van der Waals surface area contributed by atoms with E-state index in [-0.39, 0.29) is 5.91 Å². The average Bonchev–Trinajstić information content (AvgIpc) is 2.39. The summed E-state index contributed by atoms with van der Waals surface area (Å²) in [5.74, 6) is -1.02. The Hall–Kier alpha value is -2.17. The molecule has 1 aromatic carbocycles. The van der Waals surface area contributed by atoms with E-state index in [9.17, 15) is 14.0 Å². The molecule has 0 bridgehead atoms. The van der Waals surface area contributed by atoms with Crippen LogP contribution in [0.2, 0.25) is 0 Å². The Morgan fingerprint density at radius 1 is 1.42 bits per heavy atom. The highest BCUT2D eigenvalue weighted by molar-refractivity contribution is 5.90. The van der Waals surface area contributed by atoms with Crippen LogP contribution < -0.4 is 5.32 Å². The molecule has 0 unspecified atom stereocenters. The molecule has 0 saturated carbocycles. The molecule has 0 aromatic heterocycles. The molecule has 0 atom stereocenters. The molecule has 0 fully saturated rings. The molecule has 0 aliphatic rings. The summed E-state index contributed by atoms with van der Waals surface area (Å²) in [6, 6.07) is 4.02. The number of carbonyl (C=O) groups is 2. The van der Waals surface area contributed by atoms with Crippen molar-refractivity contribution in [2.75, 3.05) is 13.7 Å². The third-order valence-corrected chi connectivity index (χ3v) is 2.40. The molecule has 1 rings (SSSR count). The van der Waals surface area contributed by atoms with Gasteiger partial charge in [0.05, 0.1) is 12.7 Å². The number of hydrogen-bond acceptors (Lipinski definition) is 3. The van der Waals surface area contributed by atoms with Gasteiger partial charge in [-0.3, -0.25) is 4.79 Å². The Morgan fingerprint density at radius 3 is 2.79 bits per heavy atom. The maximum absolute atomic E-state index is 13.5. The maximum atomic E-state index is 13.5. The third-order valence-electron chi connectivity index (χ3n) is 2.40. The molecule has 19 heavy (non-hydrogen) atoms. The minimum atomic E-state index is -0.507. The largest absolute Gasteiger partial charge is 0.465 e. The Kier molecular flexibility index (Phi) is 5.73. The molecule has 1 N–H and O–H groups in total. The van der Waals surface area contributed by atoms with Gasteiger partial charge in [-0.15, -0.1) is 0 Å². The molecule has 0 aliphatic heterocycles. The van der Waals surface area contributed by atoms with Gasteiger partial charge < -0.3 is 10.1 Å². The molecular weight excluding hydrogens is 249 g/mol.